The van der Waals surface area contributed by atoms with Crippen molar-refractivity contribution in [2.45, 2.75) is 32.4 Å². The summed E-state index contributed by atoms with van der Waals surface area (Å²) in [6.45, 7) is 7.71. The van der Waals surface area contributed by atoms with Gasteiger partial charge in [-0.15, -0.1) is 24.0 Å². The second-order valence-corrected chi connectivity index (χ2v) is 7.06. The van der Waals surface area contributed by atoms with Crippen molar-refractivity contribution in [1.29, 1.82) is 0 Å². The van der Waals surface area contributed by atoms with E-state index in [1.165, 1.54) is 24.8 Å². The maximum Gasteiger partial charge on any atom is 0.191 e. The molecule has 7 heteroatoms. The Hall–Kier alpha value is -2.29. The van der Waals surface area contributed by atoms with Gasteiger partial charge in [0.25, 0.3) is 0 Å². The first kappa shape index (κ1) is 24.0. The summed E-state index contributed by atoms with van der Waals surface area (Å²) in [5.41, 5.74) is 2.27. The van der Waals surface area contributed by atoms with E-state index < -0.39 is 0 Å². The summed E-state index contributed by atoms with van der Waals surface area (Å²) < 4.78 is 5.72. The number of piperidine rings is 1. The number of pyridine rings is 1. The minimum atomic E-state index is 0. The van der Waals surface area contributed by atoms with Crippen molar-refractivity contribution in [3.63, 3.8) is 0 Å². The van der Waals surface area contributed by atoms with Crippen LogP contribution < -0.4 is 20.3 Å². The van der Waals surface area contributed by atoms with Crippen molar-refractivity contribution in [3.8, 4) is 5.75 Å². The standard InChI is InChI=1S/C23H31N5O.HI/c1-3-15-29-21-10-6-5-9-20(21)18-27-23(24-2)26-17-19-11-12-25-22(16-19)28-13-7-4-8-14-28;/h3,5-6,9-12,16H,1,4,7-8,13-15,17-18H2,2H3,(H2,24,26,27);1H. The van der Waals surface area contributed by atoms with Crippen molar-refractivity contribution in [2.24, 2.45) is 4.99 Å². The van der Waals surface area contributed by atoms with Gasteiger partial charge in [-0.2, -0.15) is 0 Å². The van der Waals surface area contributed by atoms with E-state index in [2.05, 4.69) is 38.2 Å². The highest BCUT2D eigenvalue weighted by Crippen LogP contribution is 2.19. The molecule has 0 radical (unpaired) electrons. The highest BCUT2D eigenvalue weighted by molar-refractivity contribution is 14.0. The van der Waals surface area contributed by atoms with Crippen molar-refractivity contribution in [3.05, 3.63) is 66.4 Å². The molecule has 0 atom stereocenters. The van der Waals surface area contributed by atoms with Gasteiger partial charge in [0.15, 0.2) is 5.96 Å². The van der Waals surface area contributed by atoms with E-state index >= 15 is 0 Å². The number of hydrogen-bond acceptors (Lipinski definition) is 4. The average molecular weight is 521 g/mol. The fourth-order valence-electron chi connectivity index (χ4n) is 3.39. The fraction of sp³-hybridized carbons (Fsp3) is 0.391. The summed E-state index contributed by atoms with van der Waals surface area (Å²) >= 11 is 0. The third-order valence-corrected chi connectivity index (χ3v) is 4.95. The number of guanidine groups is 1. The molecular formula is C23H32IN5O. The van der Waals surface area contributed by atoms with Gasteiger partial charge < -0.3 is 20.3 Å². The molecule has 3 rings (SSSR count). The van der Waals surface area contributed by atoms with Crippen molar-refractivity contribution in [1.82, 2.24) is 15.6 Å². The molecule has 2 aromatic rings. The quantitative estimate of drug-likeness (QED) is 0.237. The Bertz CT molecular complexity index is 821. The largest absolute Gasteiger partial charge is 0.489 e. The molecule has 1 aliphatic rings. The molecule has 1 aromatic carbocycles. The molecule has 1 fully saturated rings. The minimum absolute atomic E-state index is 0. The van der Waals surface area contributed by atoms with E-state index in [1.54, 1.807) is 13.1 Å². The lowest BCUT2D eigenvalue weighted by Crippen LogP contribution is -2.36. The van der Waals surface area contributed by atoms with Crippen LogP contribution in [0.15, 0.2) is 60.2 Å². The molecule has 0 unspecified atom stereocenters. The second-order valence-electron chi connectivity index (χ2n) is 7.06. The molecule has 0 bridgehead atoms. The number of anilines is 1. The van der Waals surface area contributed by atoms with Crippen LogP contribution in [0.3, 0.4) is 0 Å². The monoisotopic (exact) mass is 521 g/mol. The first-order chi connectivity index (χ1) is 14.3. The van der Waals surface area contributed by atoms with Gasteiger partial charge in [-0.05, 0) is 43.0 Å². The van der Waals surface area contributed by atoms with Gasteiger partial charge in [0.2, 0.25) is 0 Å². The zero-order valence-corrected chi connectivity index (χ0v) is 20.0. The molecule has 6 nitrogen and oxygen atoms in total. The van der Waals surface area contributed by atoms with Crippen LogP contribution in [0.4, 0.5) is 5.82 Å². The minimum Gasteiger partial charge on any atom is -0.489 e. The Kier molecular flexibility index (Phi) is 10.5. The number of para-hydroxylation sites is 1. The molecule has 1 aromatic heterocycles. The van der Waals surface area contributed by atoms with Crippen LogP contribution in [0.2, 0.25) is 0 Å². The van der Waals surface area contributed by atoms with Crippen LogP contribution in [-0.4, -0.2) is 37.7 Å². The van der Waals surface area contributed by atoms with Crippen LogP contribution in [0.25, 0.3) is 0 Å². The first-order valence-corrected chi connectivity index (χ1v) is 10.3. The molecule has 162 valence electrons. The van der Waals surface area contributed by atoms with Gasteiger partial charge in [0, 0.05) is 45.0 Å². The summed E-state index contributed by atoms with van der Waals surface area (Å²) in [5.74, 6) is 2.68. The van der Waals surface area contributed by atoms with E-state index in [4.69, 9.17) is 4.74 Å². The first-order valence-electron chi connectivity index (χ1n) is 10.3. The van der Waals surface area contributed by atoms with Gasteiger partial charge in [-0.3, -0.25) is 4.99 Å². The van der Waals surface area contributed by atoms with E-state index in [9.17, 15) is 0 Å². The Morgan fingerprint density at radius 3 is 2.70 bits per heavy atom. The van der Waals surface area contributed by atoms with E-state index in [0.717, 1.165) is 36.2 Å². The third-order valence-electron chi connectivity index (χ3n) is 4.95. The molecule has 0 spiro atoms. The molecule has 0 amide bonds. The Labute approximate surface area is 196 Å². The second kappa shape index (κ2) is 13.1. The summed E-state index contributed by atoms with van der Waals surface area (Å²) in [5, 5.41) is 6.74. The number of aliphatic imine (C=N–C) groups is 1. The summed E-state index contributed by atoms with van der Waals surface area (Å²) in [4.78, 5) is 11.3. The molecule has 30 heavy (non-hydrogen) atoms. The van der Waals surface area contributed by atoms with Crippen molar-refractivity contribution >= 4 is 35.8 Å². The summed E-state index contributed by atoms with van der Waals surface area (Å²) in [7, 11) is 1.78. The molecule has 0 aliphatic carbocycles. The maximum atomic E-state index is 5.72. The number of nitrogens with zero attached hydrogens (tertiary/aromatic N) is 3. The smallest absolute Gasteiger partial charge is 0.191 e. The lowest BCUT2D eigenvalue weighted by atomic mass is 10.1. The number of aromatic nitrogens is 1. The zero-order chi connectivity index (χ0) is 20.3. The van der Waals surface area contributed by atoms with E-state index in [1.807, 2.05) is 36.5 Å². The molecule has 2 heterocycles. The van der Waals surface area contributed by atoms with E-state index in [0.29, 0.717) is 19.7 Å². The van der Waals surface area contributed by atoms with Crippen LogP contribution in [0.5, 0.6) is 5.75 Å². The highest BCUT2D eigenvalue weighted by atomic mass is 127. The normalized spacial score (nSPS) is 13.9. The molecular weight excluding hydrogens is 489 g/mol. The average Bonchev–Trinajstić information content (AvgIpc) is 2.79. The van der Waals surface area contributed by atoms with E-state index in [-0.39, 0.29) is 24.0 Å². The topological polar surface area (TPSA) is 61.8 Å². The summed E-state index contributed by atoms with van der Waals surface area (Å²) in [6, 6.07) is 12.2. The van der Waals surface area contributed by atoms with Gasteiger partial charge in [0.05, 0.1) is 0 Å². The number of nitrogens with one attached hydrogen (secondary N) is 2. The number of halogens is 1. The van der Waals surface area contributed by atoms with Crippen molar-refractivity contribution in [2.75, 3.05) is 31.6 Å². The maximum absolute atomic E-state index is 5.72. The van der Waals surface area contributed by atoms with Crippen molar-refractivity contribution < 1.29 is 4.74 Å². The third kappa shape index (κ3) is 7.19. The SMILES string of the molecule is C=CCOc1ccccc1CNC(=NC)NCc1ccnc(N2CCCCC2)c1.I. The van der Waals surface area contributed by atoms with Crippen LogP contribution >= 0.6 is 24.0 Å². The van der Waals surface area contributed by atoms with Crippen LogP contribution in [-0.2, 0) is 13.1 Å². The van der Waals surface area contributed by atoms with Gasteiger partial charge in [0.1, 0.15) is 18.2 Å². The molecule has 0 saturated carbocycles. The number of ether oxygens (including phenoxy) is 1. The Balaban J connectivity index is 0.00000320. The van der Waals surface area contributed by atoms with Gasteiger partial charge in [-0.25, -0.2) is 4.98 Å². The molecule has 2 N–H and O–H groups in total. The summed E-state index contributed by atoms with van der Waals surface area (Å²) in [6.07, 6.45) is 7.46. The Morgan fingerprint density at radius 2 is 1.93 bits per heavy atom. The lowest BCUT2D eigenvalue weighted by Gasteiger charge is -2.28. The number of rotatable bonds is 8. The zero-order valence-electron chi connectivity index (χ0n) is 17.6. The predicted octanol–water partition coefficient (Wildman–Crippen LogP) is 4.12. The highest BCUT2D eigenvalue weighted by Gasteiger charge is 2.12. The van der Waals surface area contributed by atoms with Gasteiger partial charge in [-0.1, -0.05) is 30.9 Å². The number of hydrogen-bond donors (Lipinski definition) is 2. The Morgan fingerprint density at radius 1 is 1.17 bits per heavy atom. The molecule has 1 aliphatic heterocycles. The van der Waals surface area contributed by atoms with Gasteiger partial charge >= 0.3 is 0 Å². The number of benzene rings is 1. The fourth-order valence-corrected chi connectivity index (χ4v) is 3.39. The van der Waals surface area contributed by atoms with Crippen LogP contribution in [0.1, 0.15) is 30.4 Å². The van der Waals surface area contributed by atoms with Crippen LogP contribution in [0, 0.1) is 0 Å². The lowest BCUT2D eigenvalue weighted by molar-refractivity contribution is 0.358. The predicted molar refractivity (Wildman–Crippen MR) is 135 cm³/mol. The molecule has 1 saturated heterocycles.